The number of aromatic nitrogens is 1. The van der Waals surface area contributed by atoms with Crippen LogP contribution in [0.3, 0.4) is 0 Å². The number of fused-ring (bicyclic) bond motifs is 1. The molecule has 0 atom stereocenters. The Bertz CT molecular complexity index is 886. The van der Waals surface area contributed by atoms with Gasteiger partial charge in [0.25, 0.3) is 0 Å². The second-order valence-corrected chi connectivity index (χ2v) is 8.16. The maximum Gasteiger partial charge on any atom is 0.408 e. The molecule has 0 saturated carbocycles. The predicted molar refractivity (Wildman–Crippen MR) is 110 cm³/mol. The van der Waals surface area contributed by atoms with Gasteiger partial charge in [0.15, 0.2) is 0 Å². The van der Waals surface area contributed by atoms with Gasteiger partial charge in [0, 0.05) is 44.3 Å². The minimum absolute atomic E-state index is 0.0663. The molecule has 29 heavy (non-hydrogen) atoms. The van der Waals surface area contributed by atoms with E-state index in [9.17, 15) is 14.7 Å². The Labute approximate surface area is 170 Å². The number of aromatic hydroxyl groups is 1. The van der Waals surface area contributed by atoms with Gasteiger partial charge in [0.2, 0.25) is 5.91 Å². The number of amides is 2. The molecule has 1 fully saturated rings. The van der Waals surface area contributed by atoms with Gasteiger partial charge in [-0.05, 0) is 38.5 Å². The fourth-order valence-corrected chi connectivity index (χ4v) is 3.32. The maximum atomic E-state index is 12.3. The highest BCUT2D eigenvalue weighted by molar-refractivity contribution is 5.87. The molecule has 1 aromatic carbocycles. The number of phenols is 1. The summed E-state index contributed by atoms with van der Waals surface area (Å²) in [5, 5.41) is 13.4. The van der Waals surface area contributed by atoms with Crippen LogP contribution in [0, 0.1) is 0 Å². The fourth-order valence-electron chi connectivity index (χ4n) is 3.32. The lowest BCUT2D eigenvalue weighted by molar-refractivity contribution is -0.132. The molecule has 1 aromatic heterocycles. The van der Waals surface area contributed by atoms with Crippen molar-refractivity contribution in [1.82, 2.24) is 20.1 Å². The van der Waals surface area contributed by atoms with Crippen LogP contribution in [0.1, 0.15) is 26.3 Å². The van der Waals surface area contributed by atoms with Crippen LogP contribution in [0.15, 0.2) is 30.5 Å². The zero-order chi connectivity index (χ0) is 21.0. The van der Waals surface area contributed by atoms with E-state index in [0.29, 0.717) is 18.6 Å². The summed E-state index contributed by atoms with van der Waals surface area (Å²) in [5.74, 6) is 0.0621. The highest BCUT2D eigenvalue weighted by Gasteiger charge is 2.23. The first-order chi connectivity index (χ1) is 13.7. The third kappa shape index (κ3) is 5.57. The van der Waals surface area contributed by atoms with Crippen LogP contribution in [-0.2, 0) is 16.1 Å². The molecule has 2 aromatic rings. The van der Waals surface area contributed by atoms with E-state index in [0.717, 1.165) is 30.6 Å². The number of rotatable bonds is 4. The normalized spacial score (nSPS) is 15.3. The summed E-state index contributed by atoms with van der Waals surface area (Å²) >= 11 is 0. The number of ether oxygens (including phenoxy) is 1. The Morgan fingerprint density at radius 2 is 1.90 bits per heavy atom. The second kappa shape index (κ2) is 8.65. The second-order valence-electron chi connectivity index (χ2n) is 8.16. The van der Waals surface area contributed by atoms with E-state index >= 15 is 0 Å². The topological polar surface area (TPSA) is 95.0 Å². The molecule has 1 aliphatic rings. The van der Waals surface area contributed by atoms with E-state index in [4.69, 9.17) is 4.74 Å². The molecule has 0 aliphatic carbocycles. The van der Waals surface area contributed by atoms with Gasteiger partial charge in [-0.15, -0.1) is 0 Å². The quantitative estimate of drug-likeness (QED) is 0.816. The van der Waals surface area contributed by atoms with Crippen LogP contribution in [0.4, 0.5) is 4.79 Å². The fraction of sp³-hybridized carbons (Fsp3) is 0.476. The van der Waals surface area contributed by atoms with Gasteiger partial charge in [-0.3, -0.25) is 14.7 Å². The first-order valence-electron chi connectivity index (χ1n) is 9.75. The number of benzene rings is 1. The molecule has 0 unspecified atom stereocenters. The average molecular weight is 400 g/mol. The molecule has 2 N–H and O–H groups in total. The van der Waals surface area contributed by atoms with Gasteiger partial charge in [-0.1, -0.05) is 12.1 Å². The molecule has 2 amide bonds. The molecule has 1 saturated heterocycles. The van der Waals surface area contributed by atoms with E-state index < -0.39 is 11.7 Å². The third-order valence-corrected chi connectivity index (χ3v) is 4.74. The van der Waals surface area contributed by atoms with Gasteiger partial charge in [0.1, 0.15) is 23.4 Å². The molecular weight excluding hydrogens is 372 g/mol. The van der Waals surface area contributed by atoms with Crippen LogP contribution in [0.25, 0.3) is 10.9 Å². The Hall–Kier alpha value is -2.87. The molecule has 156 valence electrons. The van der Waals surface area contributed by atoms with Gasteiger partial charge >= 0.3 is 6.09 Å². The Kier molecular flexibility index (Phi) is 6.22. The molecular formula is C21H28N4O4. The summed E-state index contributed by atoms with van der Waals surface area (Å²) in [5.41, 5.74) is 1.11. The van der Waals surface area contributed by atoms with Crippen molar-refractivity contribution in [2.24, 2.45) is 0 Å². The number of phenolic OH excluding ortho intramolecular Hbond substituents is 1. The minimum atomic E-state index is -0.591. The highest BCUT2D eigenvalue weighted by Crippen LogP contribution is 2.26. The largest absolute Gasteiger partial charge is 0.506 e. The summed E-state index contributed by atoms with van der Waals surface area (Å²) in [4.78, 5) is 32.3. The predicted octanol–water partition coefficient (Wildman–Crippen LogP) is 2.11. The van der Waals surface area contributed by atoms with Gasteiger partial charge in [-0.2, -0.15) is 0 Å². The zero-order valence-corrected chi connectivity index (χ0v) is 17.1. The van der Waals surface area contributed by atoms with E-state index in [1.54, 1.807) is 37.9 Å². The van der Waals surface area contributed by atoms with E-state index in [1.165, 1.54) is 0 Å². The average Bonchev–Trinajstić information content (AvgIpc) is 2.68. The van der Waals surface area contributed by atoms with Crippen LogP contribution in [0.2, 0.25) is 0 Å². The lowest BCUT2D eigenvalue weighted by Gasteiger charge is -2.35. The van der Waals surface area contributed by atoms with E-state index in [-0.39, 0.29) is 18.2 Å². The van der Waals surface area contributed by atoms with E-state index in [2.05, 4.69) is 15.2 Å². The van der Waals surface area contributed by atoms with Crippen molar-refractivity contribution in [3.8, 4) is 5.75 Å². The van der Waals surface area contributed by atoms with Gasteiger partial charge in [-0.25, -0.2) is 4.79 Å². The van der Waals surface area contributed by atoms with Gasteiger partial charge < -0.3 is 20.1 Å². The number of piperazine rings is 1. The maximum absolute atomic E-state index is 12.3. The number of nitrogens with one attached hydrogen (secondary N) is 1. The SMILES string of the molecule is CC(C)(C)OC(=O)NCC(=O)N1CCN(Cc2ccc(O)c3ncccc23)CC1. The first-order valence-corrected chi connectivity index (χ1v) is 9.75. The van der Waals surface area contributed by atoms with Crippen LogP contribution in [0.5, 0.6) is 5.75 Å². The summed E-state index contributed by atoms with van der Waals surface area (Å²) in [7, 11) is 0. The molecule has 0 radical (unpaired) electrons. The number of hydrogen-bond acceptors (Lipinski definition) is 6. The molecule has 3 rings (SSSR count). The van der Waals surface area contributed by atoms with Crippen molar-refractivity contribution in [2.45, 2.75) is 32.9 Å². The van der Waals surface area contributed by atoms with Crippen molar-refractivity contribution in [2.75, 3.05) is 32.7 Å². The number of nitrogens with zero attached hydrogens (tertiary/aromatic N) is 3. The Balaban J connectivity index is 1.50. The zero-order valence-electron chi connectivity index (χ0n) is 17.1. The van der Waals surface area contributed by atoms with Crippen molar-refractivity contribution in [3.63, 3.8) is 0 Å². The van der Waals surface area contributed by atoms with Crippen LogP contribution < -0.4 is 5.32 Å². The Morgan fingerprint density at radius 3 is 2.59 bits per heavy atom. The molecule has 1 aliphatic heterocycles. The molecule has 0 spiro atoms. The van der Waals surface area contributed by atoms with Crippen molar-refractivity contribution in [3.05, 3.63) is 36.0 Å². The molecule has 2 heterocycles. The smallest absolute Gasteiger partial charge is 0.408 e. The number of hydrogen-bond donors (Lipinski definition) is 2. The lowest BCUT2D eigenvalue weighted by atomic mass is 10.1. The Morgan fingerprint density at radius 1 is 1.17 bits per heavy atom. The molecule has 0 bridgehead atoms. The number of carbonyl (C=O) groups is 2. The summed E-state index contributed by atoms with van der Waals surface area (Å²) < 4.78 is 5.15. The standard InChI is InChI=1S/C21H28N4O4/c1-21(2,3)29-20(28)23-13-18(27)25-11-9-24(10-12-25)14-15-6-7-17(26)19-16(15)5-4-8-22-19/h4-8,26H,9-14H2,1-3H3,(H,23,28). The van der Waals surface area contributed by atoms with Crippen LogP contribution >= 0.6 is 0 Å². The monoisotopic (exact) mass is 400 g/mol. The summed E-state index contributed by atoms with van der Waals surface area (Å²) in [6.07, 6.45) is 1.08. The molecule has 8 nitrogen and oxygen atoms in total. The van der Waals surface area contributed by atoms with Gasteiger partial charge in [0.05, 0.1) is 0 Å². The summed E-state index contributed by atoms with van der Waals surface area (Å²) in [6.45, 7) is 8.67. The van der Waals surface area contributed by atoms with Crippen molar-refractivity contribution >= 4 is 22.9 Å². The summed E-state index contributed by atoms with van der Waals surface area (Å²) in [6, 6.07) is 7.41. The molecule has 8 heteroatoms. The lowest BCUT2D eigenvalue weighted by Crippen LogP contribution is -2.51. The van der Waals surface area contributed by atoms with Crippen LogP contribution in [-0.4, -0.2) is 70.2 Å². The van der Waals surface area contributed by atoms with Crippen molar-refractivity contribution < 1.29 is 19.4 Å². The first kappa shape index (κ1) is 20.9. The van der Waals surface area contributed by atoms with Crippen molar-refractivity contribution in [1.29, 1.82) is 0 Å². The number of pyridine rings is 1. The number of carbonyl (C=O) groups excluding carboxylic acids is 2. The minimum Gasteiger partial charge on any atom is -0.506 e. The van der Waals surface area contributed by atoms with E-state index in [1.807, 2.05) is 18.2 Å². The highest BCUT2D eigenvalue weighted by atomic mass is 16.6. The third-order valence-electron chi connectivity index (χ3n) is 4.74. The number of alkyl carbamates (subject to hydrolysis) is 1.